The van der Waals surface area contributed by atoms with Crippen molar-refractivity contribution in [2.75, 3.05) is 63.6 Å². The van der Waals surface area contributed by atoms with E-state index in [0.717, 1.165) is 42.4 Å². The molecular weight excluding hydrogens is 1200 g/mol. The minimum absolute atomic E-state index is 0. The smallest absolute Gasteiger partial charge is 0.248 e. The van der Waals surface area contributed by atoms with Crippen molar-refractivity contribution in [3.05, 3.63) is 125 Å². The molecule has 0 aromatic heterocycles. The molecule has 2 aliphatic rings. The highest BCUT2D eigenvalue weighted by Crippen LogP contribution is 2.47. The number of carbonyl (C=O) groups is 6. The van der Waals surface area contributed by atoms with Crippen LogP contribution in [-0.2, 0) is 28.8 Å². The van der Waals surface area contributed by atoms with Gasteiger partial charge in [0.05, 0.1) is 32.5 Å². The number of aryl methyl sites for hydroxylation is 1. The average molecular weight is 1280 g/mol. The number of hydrazine groups is 6. The Labute approximate surface area is 530 Å². The van der Waals surface area contributed by atoms with Gasteiger partial charge >= 0.3 is 0 Å². The van der Waals surface area contributed by atoms with Crippen molar-refractivity contribution >= 4 is 139 Å². The Hall–Kier alpha value is -7.56. The zero-order valence-electron chi connectivity index (χ0n) is 49.0. The van der Waals surface area contributed by atoms with E-state index < -0.39 is 41.9 Å². The van der Waals surface area contributed by atoms with Gasteiger partial charge < -0.3 is 14.2 Å². The molecule has 0 bridgehead atoms. The molecule has 0 saturated heterocycles. The minimum atomic E-state index is -0.559. The Morgan fingerprint density at radius 3 is 1.02 bits per heavy atom. The van der Waals surface area contributed by atoms with E-state index in [1.807, 2.05) is 79.7 Å². The molecule has 458 valence electrons. The number of nitrogens with one attached hydrogen (secondary N) is 6. The number of hydrogen-bond donors (Lipinski definition) is 6. The Morgan fingerprint density at radius 1 is 0.424 bits per heavy atom. The minimum Gasteiger partial charge on any atom is -0.497 e. The molecule has 0 heterocycles. The first-order valence-electron chi connectivity index (χ1n) is 26.0. The van der Waals surface area contributed by atoms with E-state index in [0.29, 0.717) is 53.3 Å². The van der Waals surface area contributed by atoms with Gasteiger partial charge in [0, 0.05) is 64.2 Å². The third-order valence-corrected chi connectivity index (χ3v) is 16.4. The van der Waals surface area contributed by atoms with Crippen LogP contribution in [0.25, 0.3) is 0 Å². The van der Waals surface area contributed by atoms with Gasteiger partial charge in [-0.25, -0.2) is 0 Å². The Balaban J connectivity index is 0.000000338. The van der Waals surface area contributed by atoms with E-state index in [2.05, 4.69) is 46.4 Å². The first-order chi connectivity index (χ1) is 39.6. The van der Waals surface area contributed by atoms with Crippen molar-refractivity contribution < 1.29 is 43.0 Å². The van der Waals surface area contributed by atoms with Crippen LogP contribution in [0.3, 0.4) is 0 Å². The van der Waals surface area contributed by atoms with Gasteiger partial charge in [0.1, 0.15) is 66.4 Å². The molecule has 4 aromatic rings. The molecule has 85 heavy (non-hydrogen) atoms. The summed E-state index contributed by atoms with van der Waals surface area (Å²) in [5.41, 5.74) is 19.4. The molecule has 2 aliphatic carbocycles. The summed E-state index contributed by atoms with van der Waals surface area (Å²) in [6.45, 7) is 6.06. The molecule has 0 radical (unpaired) electrons. The number of rotatable bonds is 15. The molecular formula is C58H76N12O9S6. The van der Waals surface area contributed by atoms with Gasteiger partial charge in [-0.05, 0) is 62.9 Å². The highest BCUT2D eigenvalue weighted by atomic mass is 32.1. The molecule has 0 unspecified atom stereocenters. The number of nitrogens with zero attached hydrogens (tertiary/aromatic N) is 6. The lowest BCUT2D eigenvalue weighted by molar-refractivity contribution is -0.134. The van der Waals surface area contributed by atoms with Gasteiger partial charge in [-0.1, -0.05) is 167 Å². The molecule has 2 fully saturated rings. The normalized spacial score (nSPS) is 12.4. The van der Waals surface area contributed by atoms with Crippen molar-refractivity contribution in [1.29, 1.82) is 0 Å². The molecule has 27 heteroatoms. The predicted molar refractivity (Wildman–Crippen MR) is 353 cm³/mol. The van der Waals surface area contributed by atoms with Crippen molar-refractivity contribution in [2.24, 2.45) is 10.8 Å². The molecule has 21 nitrogen and oxygen atoms in total. The van der Waals surface area contributed by atoms with Gasteiger partial charge in [0.2, 0.25) is 35.4 Å². The maximum atomic E-state index is 12.4. The zero-order chi connectivity index (χ0) is 62.6. The summed E-state index contributed by atoms with van der Waals surface area (Å²) in [6, 6.07) is 29.3. The zero-order valence-corrected chi connectivity index (χ0v) is 53.9. The second kappa shape index (κ2) is 33.2. The van der Waals surface area contributed by atoms with E-state index in [-0.39, 0.29) is 36.1 Å². The maximum absolute atomic E-state index is 12.4. The van der Waals surface area contributed by atoms with Crippen molar-refractivity contribution in [2.45, 2.75) is 73.1 Å². The lowest BCUT2D eigenvalue weighted by Gasteiger charge is -2.26. The third-order valence-electron chi connectivity index (χ3n) is 12.8. The van der Waals surface area contributed by atoms with E-state index >= 15 is 0 Å². The van der Waals surface area contributed by atoms with E-state index in [9.17, 15) is 28.8 Å². The van der Waals surface area contributed by atoms with E-state index in [1.165, 1.54) is 44.3 Å². The van der Waals surface area contributed by atoms with Gasteiger partial charge in [-0.15, -0.1) is 0 Å². The molecule has 0 aliphatic heterocycles. The topological polar surface area (TPSA) is 222 Å². The summed E-state index contributed by atoms with van der Waals surface area (Å²) >= 11 is 32.3. The number of thiocarbonyl (C=S) groups is 6. The maximum Gasteiger partial charge on any atom is 0.248 e. The highest BCUT2D eigenvalue weighted by Gasteiger charge is 2.44. The van der Waals surface area contributed by atoms with E-state index in [4.69, 9.17) is 87.5 Å². The molecule has 0 spiro atoms. The van der Waals surface area contributed by atoms with Crippen LogP contribution in [0.1, 0.15) is 94.0 Å². The van der Waals surface area contributed by atoms with Crippen molar-refractivity contribution in [3.63, 3.8) is 0 Å². The Kier molecular flexibility index (Phi) is 28.0. The summed E-state index contributed by atoms with van der Waals surface area (Å²) in [7, 11) is 14.4. The van der Waals surface area contributed by atoms with Gasteiger partial charge in [0.25, 0.3) is 0 Å². The van der Waals surface area contributed by atoms with Gasteiger partial charge in [0.15, 0.2) is 0 Å². The molecule has 2 saturated carbocycles. The van der Waals surface area contributed by atoms with Gasteiger partial charge in [-0.3, -0.25) is 91.4 Å². The summed E-state index contributed by atoms with van der Waals surface area (Å²) in [5, 5.41) is 8.62. The lowest BCUT2D eigenvalue weighted by atomic mass is 10.1. The highest BCUT2D eigenvalue weighted by molar-refractivity contribution is 7.81. The fraction of sp³-hybridized carbons (Fsp3) is 0.379. The summed E-state index contributed by atoms with van der Waals surface area (Å²) < 4.78 is 15.9. The summed E-state index contributed by atoms with van der Waals surface area (Å²) in [5.74, 6) is -1.17. The fourth-order valence-electron chi connectivity index (χ4n) is 7.59. The SMILES string of the molecule is C.CN(NC(=O)CC(=O)NN(C)C(=S)C1(C)CC1)C(=S)C1(C)CC1.CN(NC(=O)CC(=O)NN(C)C(=S)c1ccccc1)C(=S)c1ccccc1.COc1ccc(OC)c(C(=S)N(C)NC(=O)CC(=O)NN(C)C(=S)c2cc(C)ccc2OC)c1. The predicted octanol–water partition coefficient (Wildman–Crippen LogP) is 6.64. The van der Waals surface area contributed by atoms with Gasteiger partial charge in [-0.2, -0.15) is 0 Å². The Morgan fingerprint density at radius 2 is 0.718 bits per heavy atom. The standard InChI is InChI=1S/C23H28N4O5S2.C19H20N4O2S2.C15H24N4O2S2.CH4/c1-14-7-9-18(31-5)16(11-14)22(33)26(2)24-20(28)13-21(29)25-27(3)23(34)17-12-15(30-4)8-10-19(17)32-6;1-22(18(26)14-9-5-3-6-10-14)20-16(24)13-17(25)21-23(2)19(27)15-11-7-4-8-12-15;1-14(5-6-14)12(22)18(3)16-10(20)9-11(21)17-19(4)13(23)15(2)7-8-15;/h7-12H,13H2,1-6H3,(H,24,28)(H,25,29);3-12H,13H2,1-2H3,(H,20,24)(H,21,25);5-9H2,1-4H3,(H,16,20)(H,17,21);1H4. The fourth-order valence-corrected chi connectivity index (χ4v) is 8.87. The van der Waals surface area contributed by atoms with E-state index in [1.54, 1.807) is 73.7 Å². The monoisotopic (exact) mass is 1280 g/mol. The van der Waals surface area contributed by atoms with Crippen LogP contribution in [0.4, 0.5) is 0 Å². The second-order valence-electron chi connectivity index (χ2n) is 20.0. The largest absolute Gasteiger partial charge is 0.497 e. The van der Waals surface area contributed by atoms with Crippen LogP contribution >= 0.6 is 73.3 Å². The van der Waals surface area contributed by atoms with Crippen LogP contribution in [0, 0.1) is 17.8 Å². The molecule has 6 amide bonds. The quantitative estimate of drug-likeness (QED) is 0.0417. The molecule has 6 N–H and O–H groups in total. The van der Waals surface area contributed by atoms with Crippen LogP contribution < -0.4 is 46.8 Å². The first kappa shape index (κ1) is 71.7. The molecule has 4 aromatic carbocycles. The number of carbonyl (C=O) groups excluding carboxylic acids is 6. The second-order valence-corrected chi connectivity index (χ2v) is 22.4. The van der Waals surface area contributed by atoms with Crippen molar-refractivity contribution in [3.8, 4) is 17.2 Å². The average Bonchev–Trinajstić information content (AvgIpc) is 2.71. The van der Waals surface area contributed by atoms with Crippen LogP contribution in [0.2, 0.25) is 0 Å². The number of methoxy groups -OCH3 is 3. The van der Waals surface area contributed by atoms with Crippen LogP contribution in [0.15, 0.2) is 97.1 Å². The third kappa shape index (κ3) is 22.1. The molecule has 6 rings (SSSR count). The molecule has 0 atom stereocenters. The van der Waals surface area contributed by atoms with Crippen LogP contribution in [0.5, 0.6) is 17.2 Å². The van der Waals surface area contributed by atoms with Crippen molar-refractivity contribution in [1.82, 2.24) is 62.6 Å². The Bertz CT molecular complexity index is 3000. The van der Waals surface area contributed by atoms with Crippen LogP contribution in [-0.4, -0.2) is 159 Å². The number of amides is 6. The number of ether oxygens (including phenoxy) is 3. The lowest BCUT2D eigenvalue weighted by Crippen LogP contribution is -2.49. The number of benzene rings is 4. The first-order valence-corrected chi connectivity index (χ1v) is 28.4. The number of hydrogen-bond acceptors (Lipinski definition) is 15. The summed E-state index contributed by atoms with van der Waals surface area (Å²) in [4.78, 5) is 75.9. The summed E-state index contributed by atoms with van der Waals surface area (Å²) in [6.07, 6.45) is 3.07.